The molecule has 4 heteroatoms. The summed E-state index contributed by atoms with van der Waals surface area (Å²) < 4.78 is 19.8. The summed E-state index contributed by atoms with van der Waals surface area (Å²) in [5, 5.41) is 3.23. The maximum absolute atomic E-state index is 13.6. The van der Waals surface area contributed by atoms with Gasteiger partial charge in [-0.1, -0.05) is 22.0 Å². The van der Waals surface area contributed by atoms with Crippen LogP contribution in [-0.2, 0) is 4.74 Å². The summed E-state index contributed by atoms with van der Waals surface area (Å²) in [7, 11) is 0. The predicted octanol–water partition coefficient (Wildman–Crippen LogP) is 3.66. The molecule has 1 N–H and O–H groups in total. The molecule has 0 amide bonds. The quantitative estimate of drug-likeness (QED) is 0.810. The Morgan fingerprint density at radius 2 is 2.06 bits per heavy atom. The first-order chi connectivity index (χ1) is 8.00. The van der Waals surface area contributed by atoms with E-state index in [4.69, 9.17) is 4.74 Å². The lowest BCUT2D eigenvalue weighted by atomic mass is 10.1. The topological polar surface area (TPSA) is 21.3 Å². The van der Waals surface area contributed by atoms with Gasteiger partial charge in [-0.05, 0) is 32.9 Å². The van der Waals surface area contributed by atoms with Gasteiger partial charge in [0.05, 0.1) is 12.7 Å². The van der Waals surface area contributed by atoms with Gasteiger partial charge in [-0.2, -0.15) is 0 Å². The highest BCUT2D eigenvalue weighted by molar-refractivity contribution is 9.10. The number of hydrogen-bond acceptors (Lipinski definition) is 2. The zero-order valence-corrected chi connectivity index (χ0v) is 12.1. The van der Waals surface area contributed by atoms with E-state index in [9.17, 15) is 4.39 Å². The van der Waals surface area contributed by atoms with Crippen molar-refractivity contribution in [1.82, 2.24) is 5.32 Å². The van der Waals surface area contributed by atoms with Gasteiger partial charge >= 0.3 is 0 Å². The Morgan fingerprint density at radius 3 is 2.65 bits per heavy atom. The highest BCUT2D eigenvalue weighted by Gasteiger charge is 2.10. The minimum absolute atomic E-state index is 0.0149. The summed E-state index contributed by atoms with van der Waals surface area (Å²) in [6.45, 7) is 7.30. The van der Waals surface area contributed by atoms with E-state index in [1.807, 2.05) is 26.8 Å². The van der Waals surface area contributed by atoms with Gasteiger partial charge in [0.25, 0.3) is 0 Å². The Bertz CT molecular complexity index is 357. The van der Waals surface area contributed by atoms with Crippen molar-refractivity contribution in [3.05, 3.63) is 34.1 Å². The van der Waals surface area contributed by atoms with E-state index in [1.54, 1.807) is 6.07 Å². The van der Waals surface area contributed by atoms with Crippen LogP contribution in [0.2, 0.25) is 0 Å². The lowest BCUT2D eigenvalue weighted by molar-refractivity contribution is 0.0795. The van der Waals surface area contributed by atoms with Gasteiger partial charge in [-0.3, -0.25) is 0 Å². The molecule has 0 spiro atoms. The summed E-state index contributed by atoms with van der Waals surface area (Å²) in [6.07, 6.45) is 0.233. The second-order valence-corrected chi connectivity index (χ2v) is 5.18. The average molecular weight is 304 g/mol. The van der Waals surface area contributed by atoms with E-state index < -0.39 is 0 Å². The third-order valence-electron chi connectivity index (χ3n) is 2.43. The largest absolute Gasteiger partial charge is 0.377 e. The number of nitrogens with one attached hydrogen (secondary N) is 1. The summed E-state index contributed by atoms with van der Waals surface area (Å²) in [5.41, 5.74) is 0.678. The predicted molar refractivity (Wildman–Crippen MR) is 71.6 cm³/mol. The van der Waals surface area contributed by atoms with Crippen LogP contribution < -0.4 is 5.32 Å². The Balaban J connectivity index is 2.44. The van der Waals surface area contributed by atoms with Crippen LogP contribution in [0.1, 0.15) is 32.4 Å². The van der Waals surface area contributed by atoms with Gasteiger partial charge in [0.2, 0.25) is 0 Å². The lowest BCUT2D eigenvalue weighted by Gasteiger charge is -2.16. The van der Waals surface area contributed by atoms with Crippen molar-refractivity contribution in [2.24, 2.45) is 0 Å². The smallest absolute Gasteiger partial charge is 0.129 e. The van der Waals surface area contributed by atoms with E-state index in [2.05, 4.69) is 21.2 Å². The van der Waals surface area contributed by atoms with E-state index in [1.165, 1.54) is 6.07 Å². The fraction of sp³-hybridized carbons (Fsp3) is 0.538. The van der Waals surface area contributed by atoms with Gasteiger partial charge in [-0.15, -0.1) is 0 Å². The molecule has 1 unspecified atom stereocenters. The summed E-state index contributed by atoms with van der Waals surface area (Å²) >= 11 is 3.24. The molecule has 0 fully saturated rings. The first kappa shape index (κ1) is 14.6. The van der Waals surface area contributed by atoms with Crippen molar-refractivity contribution in [3.63, 3.8) is 0 Å². The first-order valence-corrected chi connectivity index (χ1v) is 6.60. The van der Waals surface area contributed by atoms with Crippen LogP contribution in [-0.4, -0.2) is 19.3 Å². The van der Waals surface area contributed by atoms with Crippen LogP contribution in [0.15, 0.2) is 22.7 Å². The van der Waals surface area contributed by atoms with Gasteiger partial charge in [0.1, 0.15) is 5.82 Å². The van der Waals surface area contributed by atoms with E-state index >= 15 is 0 Å². The fourth-order valence-corrected chi connectivity index (χ4v) is 1.87. The van der Waals surface area contributed by atoms with Crippen LogP contribution >= 0.6 is 15.9 Å². The molecule has 0 saturated heterocycles. The van der Waals surface area contributed by atoms with Gasteiger partial charge in [-0.25, -0.2) is 4.39 Å². The molecule has 17 heavy (non-hydrogen) atoms. The van der Waals surface area contributed by atoms with Crippen molar-refractivity contribution >= 4 is 15.9 Å². The van der Waals surface area contributed by atoms with Crippen molar-refractivity contribution in [2.45, 2.75) is 32.9 Å². The van der Waals surface area contributed by atoms with E-state index in [0.717, 1.165) is 11.0 Å². The van der Waals surface area contributed by atoms with Crippen LogP contribution in [0.5, 0.6) is 0 Å². The maximum Gasteiger partial charge on any atom is 0.129 e. The van der Waals surface area contributed by atoms with Crippen LogP contribution in [0.25, 0.3) is 0 Å². The molecule has 2 nitrogen and oxygen atoms in total. The third-order valence-corrected chi connectivity index (χ3v) is 2.93. The summed E-state index contributed by atoms with van der Waals surface area (Å²) in [5.74, 6) is -0.191. The molecule has 1 aromatic rings. The normalized spacial score (nSPS) is 13.1. The maximum atomic E-state index is 13.6. The van der Waals surface area contributed by atoms with Crippen molar-refractivity contribution < 1.29 is 9.13 Å². The zero-order valence-electron chi connectivity index (χ0n) is 10.5. The number of hydrogen-bond donors (Lipinski definition) is 1. The lowest BCUT2D eigenvalue weighted by Crippen LogP contribution is -2.25. The SMILES string of the molecule is CC(C)OCCNC(C)c1ccc(Br)cc1F. The molecular weight excluding hydrogens is 285 g/mol. The molecular formula is C13H19BrFNO. The van der Waals surface area contributed by atoms with Crippen LogP contribution in [0, 0.1) is 5.82 Å². The third kappa shape index (κ3) is 5.15. The second kappa shape index (κ2) is 7.09. The molecule has 96 valence electrons. The molecule has 1 atom stereocenters. The number of benzene rings is 1. The summed E-state index contributed by atoms with van der Waals surface area (Å²) in [4.78, 5) is 0. The first-order valence-electron chi connectivity index (χ1n) is 5.80. The molecule has 0 aromatic heterocycles. The van der Waals surface area contributed by atoms with Crippen LogP contribution in [0.4, 0.5) is 4.39 Å². The molecule has 1 rings (SSSR count). The van der Waals surface area contributed by atoms with Crippen molar-refractivity contribution in [3.8, 4) is 0 Å². The Morgan fingerprint density at radius 1 is 1.35 bits per heavy atom. The average Bonchev–Trinajstić information content (AvgIpc) is 2.23. The van der Waals surface area contributed by atoms with Crippen molar-refractivity contribution in [2.75, 3.05) is 13.2 Å². The van der Waals surface area contributed by atoms with Crippen LogP contribution in [0.3, 0.4) is 0 Å². The van der Waals surface area contributed by atoms with Crippen molar-refractivity contribution in [1.29, 1.82) is 0 Å². The van der Waals surface area contributed by atoms with E-state index in [0.29, 0.717) is 12.2 Å². The second-order valence-electron chi connectivity index (χ2n) is 4.26. The van der Waals surface area contributed by atoms with Gasteiger partial charge in [0.15, 0.2) is 0 Å². The summed E-state index contributed by atoms with van der Waals surface area (Å²) in [6, 6.07) is 5.11. The molecule has 0 saturated carbocycles. The Kier molecular flexibility index (Phi) is 6.09. The molecule has 1 aromatic carbocycles. The molecule has 0 heterocycles. The molecule has 0 aliphatic heterocycles. The molecule has 0 aliphatic rings. The standard InChI is InChI=1S/C13H19BrFNO/c1-9(2)17-7-6-16-10(3)12-5-4-11(14)8-13(12)15/h4-5,8-10,16H,6-7H2,1-3H3. The molecule has 0 radical (unpaired) electrons. The highest BCUT2D eigenvalue weighted by Crippen LogP contribution is 2.20. The Hall–Kier alpha value is -0.450. The minimum atomic E-state index is -0.191. The highest BCUT2D eigenvalue weighted by atomic mass is 79.9. The number of rotatable bonds is 6. The van der Waals surface area contributed by atoms with E-state index in [-0.39, 0.29) is 18.0 Å². The van der Waals surface area contributed by atoms with Gasteiger partial charge in [0, 0.05) is 22.6 Å². The van der Waals surface area contributed by atoms with Gasteiger partial charge < -0.3 is 10.1 Å². The molecule has 0 aliphatic carbocycles. The zero-order chi connectivity index (χ0) is 12.8. The fourth-order valence-electron chi connectivity index (χ4n) is 1.53. The monoisotopic (exact) mass is 303 g/mol. The number of ether oxygens (including phenoxy) is 1. The minimum Gasteiger partial charge on any atom is -0.377 e. The Labute approximate surface area is 111 Å². The number of halogens is 2. The molecule has 0 bridgehead atoms.